The Morgan fingerprint density at radius 1 is 1.33 bits per heavy atom. The second-order valence-electron chi connectivity index (χ2n) is 5.53. The zero-order chi connectivity index (χ0) is 14.6. The van der Waals surface area contributed by atoms with Gasteiger partial charge in [-0.2, -0.15) is 0 Å². The summed E-state index contributed by atoms with van der Waals surface area (Å²) in [7, 11) is 0. The van der Waals surface area contributed by atoms with Crippen molar-refractivity contribution in [2.75, 3.05) is 4.90 Å². The van der Waals surface area contributed by atoms with Gasteiger partial charge < -0.3 is 4.90 Å². The van der Waals surface area contributed by atoms with Gasteiger partial charge in [-0.25, -0.2) is 4.39 Å². The van der Waals surface area contributed by atoms with E-state index in [1.165, 1.54) is 12.1 Å². The van der Waals surface area contributed by atoms with Crippen LogP contribution >= 0.6 is 11.6 Å². The summed E-state index contributed by atoms with van der Waals surface area (Å²) in [4.78, 5) is 18.3. The molecule has 3 nitrogen and oxygen atoms in total. The fraction of sp³-hybridized carbons (Fsp3) is 0.250. The number of carbonyl (C=O) groups excluding carboxylic acids is 1. The van der Waals surface area contributed by atoms with E-state index in [4.69, 9.17) is 11.6 Å². The number of anilines is 1. The van der Waals surface area contributed by atoms with E-state index in [0.717, 1.165) is 22.4 Å². The van der Waals surface area contributed by atoms with Gasteiger partial charge in [0.1, 0.15) is 11.4 Å². The number of aromatic nitrogens is 1. The van der Waals surface area contributed by atoms with Crippen molar-refractivity contribution in [3.05, 3.63) is 59.2 Å². The highest BCUT2D eigenvalue weighted by molar-refractivity contribution is 6.17. The number of benzene rings is 1. The molecule has 0 saturated heterocycles. The Labute approximate surface area is 126 Å². The van der Waals surface area contributed by atoms with Crippen molar-refractivity contribution >= 4 is 23.1 Å². The van der Waals surface area contributed by atoms with Crippen LogP contribution in [0.15, 0.2) is 36.7 Å². The van der Waals surface area contributed by atoms with Crippen molar-refractivity contribution in [1.82, 2.24) is 4.98 Å². The number of hydrogen-bond acceptors (Lipinski definition) is 3. The third kappa shape index (κ3) is 1.72. The van der Waals surface area contributed by atoms with E-state index < -0.39 is 5.54 Å². The Morgan fingerprint density at radius 2 is 2.14 bits per heavy atom. The van der Waals surface area contributed by atoms with Gasteiger partial charge in [0.25, 0.3) is 0 Å². The van der Waals surface area contributed by atoms with Crippen molar-refractivity contribution in [1.29, 1.82) is 0 Å². The maximum absolute atomic E-state index is 13.5. The smallest absolute Gasteiger partial charge is 0.166 e. The number of halogens is 2. The zero-order valence-corrected chi connectivity index (χ0v) is 11.9. The maximum Gasteiger partial charge on any atom is 0.166 e. The molecule has 2 aromatic rings. The third-order valence-corrected chi connectivity index (χ3v) is 4.61. The van der Waals surface area contributed by atoms with Crippen LogP contribution in [0.3, 0.4) is 0 Å². The summed E-state index contributed by atoms with van der Waals surface area (Å²) < 4.78 is 13.5. The van der Waals surface area contributed by atoms with Crippen molar-refractivity contribution < 1.29 is 9.18 Å². The fourth-order valence-electron chi connectivity index (χ4n) is 3.21. The molecule has 1 fully saturated rings. The van der Waals surface area contributed by atoms with Gasteiger partial charge in [-0.3, -0.25) is 9.78 Å². The second kappa shape index (κ2) is 4.28. The van der Waals surface area contributed by atoms with Gasteiger partial charge >= 0.3 is 0 Å². The molecule has 21 heavy (non-hydrogen) atoms. The largest absolute Gasteiger partial charge is 0.349 e. The summed E-state index contributed by atoms with van der Waals surface area (Å²) in [6.45, 7) is 0.592. The molecule has 1 atom stereocenters. The molecule has 4 rings (SSSR count). The van der Waals surface area contributed by atoms with Gasteiger partial charge in [-0.15, -0.1) is 11.6 Å². The van der Waals surface area contributed by atoms with E-state index >= 15 is 0 Å². The standard InChI is InChI=1S/C16H12ClFN2O/c17-6-10-3-13(8-19-7-10)20-9-11-1-2-12(18)4-14(11)16(20)5-15(16)21/h1-4,7-8H,5-6,9H2. The first-order valence-electron chi connectivity index (χ1n) is 6.75. The zero-order valence-electron chi connectivity index (χ0n) is 11.1. The summed E-state index contributed by atoms with van der Waals surface area (Å²) in [5.74, 6) is 0.197. The highest BCUT2D eigenvalue weighted by Crippen LogP contribution is 2.55. The molecule has 2 heterocycles. The molecule has 106 valence electrons. The van der Waals surface area contributed by atoms with E-state index in [-0.39, 0.29) is 11.6 Å². The topological polar surface area (TPSA) is 33.2 Å². The Kier molecular flexibility index (Phi) is 2.60. The first-order chi connectivity index (χ1) is 10.1. The lowest BCUT2D eigenvalue weighted by Gasteiger charge is -2.25. The molecule has 0 N–H and O–H groups in total. The number of ketones is 1. The molecule has 1 aliphatic heterocycles. The molecule has 1 aromatic carbocycles. The van der Waals surface area contributed by atoms with Crippen molar-refractivity contribution in [3.63, 3.8) is 0 Å². The normalized spacial score (nSPS) is 22.8. The van der Waals surface area contributed by atoms with Crippen molar-refractivity contribution in [2.45, 2.75) is 24.4 Å². The summed E-state index contributed by atoms with van der Waals surface area (Å²) >= 11 is 5.86. The lowest BCUT2D eigenvalue weighted by molar-refractivity contribution is -0.111. The summed E-state index contributed by atoms with van der Waals surface area (Å²) in [6, 6.07) is 6.63. The number of alkyl halides is 1. The molecule has 1 spiro atoms. The first-order valence-corrected chi connectivity index (χ1v) is 7.28. The second-order valence-corrected chi connectivity index (χ2v) is 5.80. The molecule has 0 bridgehead atoms. The van der Waals surface area contributed by atoms with E-state index in [1.54, 1.807) is 18.5 Å². The highest BCUT2D eigenvalue weighted by atomic mass is 35.5. The molecule has 1 unspecified atom stereocenters. The van der Waals surface area contributed by atoms with Gasteiger partial charge in [0.2, 0.25) is 0 Å². The van der Waals surface area contributed by atoms with Crippen molar-refractivity contribution in [3.8, 4) is 0 Å². The number of nitrogens with zero attached hydrogens (tertiary/aromatic N) is 2. The van der Waals surface area contributed by atoms with Gasteiger partial charge in [0, 0.05) is 25.0 Å². The van der Waals surface area contributed by atoms with Crippen LogP contribution in [0.2, 0.25) is 0 Å². The first kappa shape index (κ1) is 12.8. The number of hydrogen-bond donors (Lipinski definition) is 0. The van der Waals surface area contributed by atoms with Crippen LogP contribution in [0, 0.1) is 5.82 Å². The van der Waals surface area contributed by atoms with Crippen LogP contribution in [0.4, 0.5) is 10.1 Å². The lowest BCUT2D eigenvalue weighted by Crippen LogP contribution is -2.30. The molecular weight excluding hydrogens is 291 g/mol. The van der Waals surface area contributed by atoms with Gasteiger partial charge in [-0.05, 0) is 34.9 Å². The predicted molar refractivity (Wildman–Crippen MR) is 77.7 cm³/mol. The number of Topliss-reactive ketones (excluding diaryl/α,β-unsaturated/α-hetero) is 1. The highest BCUT2D eigenvalue weighted by Gasteiger charge is 2.63. The minimum absolute atomic E-state index is 0.128. The molecule has 2 aliphatic rings. The van der Waals surface area contributed by atoms with Crippen LogP contribution in [-0.2, 0) is 22.8 Å². The number of carbonyl (C=O) groups is 1. The lowest BCUT2D eigenvalue weighted by atomic mass is 10.0. The molecule has 0 amide bonds. The Morgan fingerprint density at radius 3 is 2.86 bits per heavy atom. The Balaban J connectivity index is 1.83. The van der Waals surface area contributed by atoms with Crippen LogP contribution in [0.1, 0.15) is 23.1 Å². The van der Waals surface area contributed by atoms with E-state index in [0.29, 0.717) is 18.8 Å². The molecule has 1 aliphatic carbocycles. The Bertz CT molecular complexity index is 764. The number of fused-ring (bicyclic) bond motifs is 2. The number of rotatable bonds is 2. The summed E-state index contributed by atoms with van der Waals surface area (Å²) in [5.41, 5.74) is 2.86. The van der Waals surface area contributed by atoms with Crippen molar-refractivity contribution in [2.24, 2.45) is 0 Å². The maximum atomic E-state index is 13.5. The molecular formula is C16H12ClFN2O. The minimum Gasteiger partial charge on any atom is -0.349 e. The molecule has 1 aromatic heterocycles. The van der Waals surface area contributed by atoms with Crippen LogP contribution in [0.5, 0.6) is 0 Å². The SMILES string of the molecule is O=C1CC12c1cc(F)ccc1CN2c1cncc(CCl)c1. The summed E-state index contributed by atoms with van der Waals surface area (Å²) in [6.07, 6.45) is 3.86. The number of pyridine rings is 1. The van der Waals surface area contributed by atoms with Gasteiger partial charge in [0.05, 0.1) is 11.9 Å². The fourth-order valence-corrected chi connectivity index (χ4v) is 3.35. The monoisotopic (exact) mass is 302 g/mol. The molecule has 5 heteroatoms. The van der Waals surface area contributed by atoms with E-state index in [1.807, 2.05) is 11.0 Å². The van der Waals surface area contributed by atoms with E-state index in [9.17, 15) is 9.18 Å². The predicted octanol–water partition coefficient (Wildman–Crippen LogP) is 3.15. The van der Waals surface area contributed by atoms with Crippen LogP contribution in [-0.4, -0.2) is 10.8 Å². The van der Waals surface area contributed by atoms with Gasteiger partial charge in [0.15, 0.2) is 5.78 Å². The minimum atomic E-state index is -0.690. The summed E-state index contributed by atoms with van der Waals surface area (Å²) in [5, 5.41) is 0. The third-order valence-electron chi connectivity index (χ3n) is 4.31. The molecule has 0 radical (unpaired) electrons. The Hall–Kier alpha value is -1.94. The van der Waals surface area contributed by atoms with Gasteiger partial charge in [-0.1, -0.05) is 6.07 Å². The average Bonchev–Trinajstić information content (AvgIpc) is 3.06. The van der Waals surface area contributed by atoms with Crippen LogP contribution < -0.4 is 4.90 Å². The van der Waals surface area contributed by atoms with E-state index in [2.05, 4.69) is 4.98 Å². The quantitative estimate of drug-likeness (QED) is 0.799. The average molecular weight is 303 g/mol. The van der Waals surface area contributed by atoms with Crippen LogP contribution in [0.25, 0.3) is 0 Å². The molecule has 1 saturated carbocycles.